The molecule has 3 nitrogen and oxygen atoms in total. The Morgan fingerprint density at radius 3 is 2.25 bits per heavy atom. The molecule has 0 saturated heterocycles. The molecule has 0 N–H and O–H groups in total. The van der Waals surface area contributed by atoms with Crippen molar-refractivity contribution in [3.63, 3.8) is 0 Å². The third-order valence-corrected chi connectivity index (χ3v) is 1.98. The molecular formula is C13H18N2O. The van der Waals surface area contributed by atoms with E-state index in [1.807, 2.05) is 45.0 Å². The van der Waals surface area contributed by atoms with Crippen molar-refractivity contribution in [3.05, 3.63) is 36.2 Å². The molecule has 0 fully saturated rings. The van der Waals surface area contributed by atoms with E-state index in [2.05, 4.69) is 9.97 Å². The fourth-order valence-electron chi connectivity index (χ4n) is 1.25. The molecule has 0 aliphatic heterocycles. The van der Waals surface area contributed by atoms with Crippen LogP contribution >= 0.6 is 0 Å². The quantitative estimate of drug-likeness (QED) is 0.777. The number of hydrogen-bond donors (Lipinski definition) is 0. The van der Waals surface area contributed by atoms with Crippen LogP contribution in [-0.2, 0) is 4.74 Å². The lowest BCUT2D eigenvalue weighted by atomic mass is 10.3. The van der Waals surface area contributed by atoms with Gasteiger partial charge in [-0.3, -0.25) is 4.98 Å². The van der Waals surface area contributed by atoms with Gasteiger partial charge in [0.05, 0.1) is 16.7 Å². The lowest BCUT2D eigenvalue weighted by Crippen LogP contribution is -1.85. The number of ether oxygens (including phenoxy) is 1. The fourth-order valence-corrected chi connectivity index (χ4v) is 1.25. The molecule has 0 amide bonds. The van der Waals surface area contributed by atoms with Crippen molar-refractivity contribution in [1.82, 2.24) is 9.97 Å². The van der Waals surface area contributed by atoms with Gasteiger partial charge in [0.1, 0.15) is 0 Å². The number of fused-ring (bicyclic) bond motifs is 1. The Labute approximate surface area is 96.5 Å². The van der Waals surface area contributed by atoms with Gasteiger partial charge in [-0.2, -0.15) is 0 Å². The van der Waals surface area contributed by atoms with Gasteiger partial charge in [-0.15, -0.1) is 0 Å². The summed E-state index contributed by atoms with van der Waals surface area (Å²) in [6, 6.07) is 7.86. The van der Waals surface area contributed by atoms with Crippen molar-refractivity contribution in [3.8, 4) is 0 Å². The van der Waals surface area contributed by atoms with E-state index in [-0.39, 0.29) is 0 Å². The molecule has 1 heterocycles. The third kappa shape index (κ3) is 3.95. The van der Waals surface area contributed by atoms with Gasteiger partial charge in [-0.25, -0.2) is 4.98 Å². The Kier molecular flexibility index (Phi) is 5.43. The molecule has 1 aromatic heterocycles. The Balaban J connectivity index is 0.000000221. The van der Waals surface area contributed by atoms with Crippen LogP contribution < -0.4 is 0 Å². The SMILES string of the molecule is CCOCC.Cc1cnc2ccccc2n1. The monoisotopic (exact) mass is 218 g/mol. The first-order valence-electron chi connectivity index (χ1n) is 5.54. The van der Waals surface area contributed by atoms with Crippen LogP contribution in [0.1, 0.15) is 19.5 Å². The molecule has 0 spiro atoms. The van der Waals surface area contributed by atoms with Crippen molar-refractivity contribution in [2.24, 2.45) is 0 Å². The average molecular weight is 218 g/mol. The minimum Gasteiger partial charge on any atom is -0.382 e. The predicted molar refractivity (Wildman–Crippen MR) is 66.4 cm³/mol. The smallest absolute Gasteiger partial charge is 0.0889 e. The molecule has 86 valence electrons. The molecule has 3 heteroatoms. The number of hydrogen-bond acceptors (Lipinski definition) is 3. The number of nitrogens with zero attached hydrogens (tertiary/aromatic N) is 2. The fraction of sp³-hybridized carbons (Fsp3) is 0.385. The molecule has 1 aromatic carbocycles. The van der Waals surface area contributed by atoms with Crippen LogP contribution in [0, 0.1) is 6.92 Å². The van der Waals surface area contributed by atoms with Crippen molar-refractivity contribution in [2.45, 2.75) is 20.8 Å². The van der Waals surface area contributed by atoms with Crippen LogP contribution in [0.25, 0.3) is 11.0 Å². The predicted octanol–water partition coefficient (Wildman–Crippen LogP) is 2.98. The highest BCUT2D eigenvalue weighted by Gasteiger charge is 1.92. The maximum absolute atomic E-state index is 4.83. The summed E-state index contributed by atoms with van der Waals surface area (Å²) in [5.74, 6) is 0. The average Bonchev–Trinajstić information content (AvgIpc) is 2.31. The standard InChI is InChI=1S/C9H8N2.C4H10O/c1-7-6-10-8-4-2-3-5-9(8)11-7;1-3-5-4-2/h2-6H,1H3;3-4H2,1-2H3. The highest BCUT2D eigenvalue weighted by atomic mass is 16.5. The molecule has 0 aliphatic carbocycles. The van der Waals surface area contributed by atoms with Crippen LogP contribution in [-0.4, -0.2) is 23.2 Å². The van der Waals surface area contributed by atoms with Crippen molar-refractivity contribution < 1.29 is 4.74 Å². The van der Waals surface area contributed by atoms with E-state index >= 15 is 0 Å². The molecule has 16 heavy (non-hydrogen) atoms. The number of para-hydroxylation sites is 2. The second-order valence-electron chi connectivity index (χ2n) is 3.28. The molecule has 2 rings (SSSR count). The summed E-state index contributed by atoms with van der Waals surface area (Å²) in [4.78, 5) is 8.53. The normalized spacial score (nSPS) is 9.69. The summed E-state index contributed by atoms with van der Waals surface area (Å²) >= 11 is 0. The minimum absolute atomic E-state index is 0.844. The molecule has 0 aliphatic rings. The lowest BCUT2D eigenvalue weighted by Gasteiger charge is -1.95. The summed E-state index contributed by atoms with van der Waals surface area (Å²) in [6.45, 7) is 7.61. The maximum Gasteiger partial charge on any atom is 0.0889 e. The van der Waals surface area contributed by atoms with Crippen LogP contribution in [0.4, 0.5) is 0 Å². The van der Waals surface area contributed by atoms with Gasteiger partial charge in [0.25, 0.3) is 0 Å². The summed E-state index contributed by atoms with van der Waals surface area (Å²) in [5, 5.41) is 0. The second kappa shape index (κ2) is 6.90. The highest BCUT2D eigenvalue weighted by molar-refractivity contribution is 5.73. The summed E-state index contributed by atoms with van der Waals surface area (Å²) in [5.41, 5.74) is 2.88. The number of aromatic nitrogens is 2. The van der Waals surface area contributed by atoms with Gasteiger partial charge < -0.3 is 4.74 Å². The van der Waals surface area contributed by atoms with E-state index in [9.17, 15) is 0 Å². The zero-order valence-electron chi connectivity index (χ0n) is 10.1. The van der Waals surface area contributed by atoms with Crippen molar-refractivity contribution >= 4 is 11.0 Å². The Morgan fingerprint density at radius 2 is 1.69 bits per heavy atom. The van der Waals surface area contributed by atoms with Crippen LogP contribution in [0.5, 0.6) is 0 Å². The Morgan fingerprint density at radius 1 is 1.06 bits per heavy atom. The van der Waals surface area contributed by atoms with E-state index in [4.69, 9.17) is 4.74 Å². The number of benzene rings is 1. The van der Waals surface area contributed by atoms with E-state index in [0.29, 0.717) is 0 Å². The third-order valence-electron chi connectivity index (χ3n) is 1.98. The Bertz CT molecular complexity index is 427. The molecule has 0 unspecified atom stereocenters. The second-order valence-corrected chi connectivity index (χ2v) is 3.28. The minimum atomic E-state index is 0.844. The summed E-state index contributed by atoms with van der Waals surface area (Å²) < 4.78 is 4.83. The van der Waals surface area contributed by atoms with Gasteiger partial charge in [0.2, 0.25) is 0 Å². The molecule has 0 atom stereocenters. The first-order chi connectivity index (χ1) is 7.77. The van der Waals surface area contributed by atoms with E-state index in [0.717, 1.165) is 29.9 Å². The summed E-state index contributed by atoms with van der Waals surface area (Å²) in [7, 11) is 0. The number of aryl methyl sites for hydroxylation is 1. The van der Waals surface area contributed by atoms with Gasteiger partial charge in [-0.05, 0) is 32.9 Å². The van der Waals surface area contributed by atoms with Gasteiger partial charge in [0, 0.05) is 19.4 Å². The molecule has 0 saturated carbocycles. The topological polar surface area (TPSA) is 35.0 Å². The van der Waals surface area contributed by atoms with Gasteiger partial charge >= 0.3 is 0 Å². The Hall–Kier alpha value is -1.48. The van der Waals surface area contributed by atoms with Gasteiger partial charge in [0.15, 0.2) is 0 Å². The van der Waals surface area contributed by atoms with E-state index < -0.39 is 0 Å². The molecule has 2 aromatic rings. The zero-order valence-corrected chi connectivity index (χ0v) is 10.1. The van der Waals surface area contributed by atoms with E-state index in [1.54, 1.807) is 6.20 Å². The zero-order chi connectivity index (χ0) is 11.8. The number of rotatable bonds is 2. The first-order valence-corrected chi connectivity index (χ1v) is 5.54. The highest BCUT2D eigenvalue weighted by Crippen LogP contribution is 2.06. The maximum atomic E-state index is 4.83. The first kappa shape index (κ1) is 12.6. The van der Waals surface area contributed by atoms with Crippen LogP contribution in [0.15, 0.2) is 30.5 Å². The largest absolute Gasteiger partial charge is 0.382 e. The summed E-state index contributed by atoms with van der Waals surface area (Å²) in [6.07, 6.45) is 1.78. The molecule has 0 bridgehead atoms. The van der Waals surface area contributed by atoms with Crippen molar-refractivity contribution in [1.29, 1.82) is 0 Å². The van der Waals surface area contributed by atoms with Crippen LogP contribution in [0.2, 0.25) is 0 Å². The van der Waals surface area contributed by atoms with Gasteiger partial charge in [-0.1, -0.05) is 12.1 Å². The van der Waals surface area contributed by atoms with Crippen LogP contribution in [0.3, 0.4) is 0 Å². The molecule has 0 radical (unpaired) electrons. The molecular weight excluding hydrogens is 200 g/mol. The van der Waals surface area contributed by atoms with Crippen molar-refractivity contribution in [2.75, 3.05) is 13.2 Å². The van der Waals surface area contributed by atoms with E-state index in [1.165, 1.54) is 0 Å². The lowest BCUT2D eigenvalue weighted by molar-refractivity contribution is 0.162.